The SMILES string of the molecule is N#CC(C1CCCCCC1)S(=O)(=O)c1cc(F)ccc1F. The average Bonchev–Trinajstić information content (AvgIpc) is 2.71. The lowest BCUT2D eigenvalue weighted by Crippen LogP contribution is -2.29. The standard InChI is InChI=1S/C15H17F2NO2S/c16-12-7-8-13(17)14(9-12)21(19,20)15(10-18)11-5-3-1-2-4-6-11/h7-9,11,15H,1-6H2. The molecule has 1 unspecified atom stereocenters. The first-order valence-corrected chi connectivity index (χ1v) is 8.60. The molecule has 2 rings (SSSR count). The zero-order valence-electron chi connectivity index (χ0n) is 11.6. The van der Waals surface area contributed by atoms with Crippen molar-refractivity contribution >= 4 is 9.84 Å². The Morgan fingerprint density at radius 2 is 1.76 bits per heavy atom. The van der Waals surface area contributed by atoms with Crippen LogP contribution in [0, 0.1) is 28.9 Å². The Balaban J connectivity index is 2.40. The van der Waals surface area contributed by atoms with E-state index in [1.165, 1.54) is 0 Å². The van der Waals surface area contributed by atoms with Crippen molar-refractivity contribution in [3.8, 4) is 6.07 Å². The maximum absolute atomic E-state index is 13.8. The lowest BCUT2D eigenvalue weighted by Gasteiger charge is -2.20. The molecule has 1 saturated carbocycles. The number of sulfone groups is 1. The van der Waals surface area contributed by atoms with Crippen LogP contribution >= 0.6 is 0 Å². The maximum Gasteiger partial charge on any atom is 0.197 e. The number of benzene rings is 1. The molecule has 1 fully saturated rings. The summed E-state index contributed by atoms with van der Waals surface area (Å²) in [5.41, 5.74) is 0. The molecule has 0 amide bonds. The van der Waals surface area contributed by atoms with E-state index in [4.69, 9.17) is 0 Å². The van der Waals surface area contributed by atoms with Crippen molar-refractivity contribution in [2.45, 2.75) is 48.7 Å². The Morgan fingerprint density at radius 1 is 1.14 bits per heavy atom. The number of rotatable bonds is 3. The van der Waals surface area contributed by atoms with Crippen molar-refractivity contribution in [3.05, 3.63) is 29.8 Å². The zero-order valence-corrected chi connectivity index (χ0v) is 12.4. The highest BCUT2D eigenvalue weighted by Gasteiger charge is 2.36. The zero-order chi connectivity index (χ0) is 15.5. The molecular weight excluding hydrogens is 296 g/mol. The van der Waals surface area contributed by atoms with Gasteiger partial charge in [-0.25, -0.2) is 17.2 Å². The minimum Gasteiger partial charge on any atom is -0.222 e. The van der Waals surface area contributed by atoms with Crippen molar-refractivity contribution in [3.63, 3.8) is 0 Å². The molecule has 0 aliphatic heterocycles. The molecule has 21 heavy (non-hydrogen) atoms. The molecule has 0 spiro atoms. The number of halogens is 2. The van der Waals surface area contributed by atoms with E-state index in [-0.39, 0.29) is 5.92 Å². The molecule has 3 nitrogen and oxygen atoms in total. The van der Waals surface area contributed by atoms with Gasteiger partial charge in [0.05, 0.1) is 6.07 Å². The molecule has 0 N–H and O–H groups in total. The second kappa shape index (κ2) is 6.52. The van der Waals surface area contributed by atoms with Gasteiger partial charge in [0.2, 0.25) is 0 Å². The first-order chi connectivity index (χ1) is 9.96. The van der Waals surface area contributed by atoms with Gasteiger partial charge >= 0.3 is 0 Å². The minimum atomic E-state index is -4.20. The second-order valence-electron chi connectivity index (χ2n) is 5.42. The Bertz CT molecular complexity index is 644. The van der Waals surface area contributed by atoms with E-state index in [1.54, 1.807) is 0 Å². The Labute approximate surface area is 123 Å². The summed E-state index contributed by atoms with van der Waals surface area (Å²) >= 11 is 0. The summed E-state index contributed by atoms with van der Waals surface area (Å²) in [6.07, 6.45) is 5.03. The molecule has 0 radical (unpaired) electrons. The van der Waals surface area contributed by atoms with Crippen LogP contribution in [0.25, 0.3) is 0 Å². The summed E-state index contributed by atoms with van der Waals surface area (Å²) in [4.78, 5) is -0.710. The monoisotopic (exact) mass is 313 g/mol. The quantitative estimate of drug-likeness (QED) is 0.801. The Hall–Kier alpha value is -1.48. The molecule has 1 atom stereocenters. The summed E-state index contributed by atoms with van der Waals surface area (Å²) in [6, 6.07) is 4.11. The maximum atomic E-state index is 13.8. The number of hydrogen-bond acceptors (Lipinski definition) is 3. The van der Waals surface area contributed by atoms with E-state index in [9.17, 15) is 22.5 Å². The van der Waals surface area contributed by atoms with Gasteiger partial charge in [-0.1, -0.05) is 25.7 Å². The smallest absolute Gasteiger partial charge is 0.197 e. The highest BCUT2D eigenvalue weighted by atomic mass is 32.2. The van der Waals surface area contributed by atoms with Gasteiger partial charge in [-0.15, -0.1) is 0 Å². The van der Waals surface area contributed by atoms with Crippen LogP contribution < -0.4 is 0 Å². The topological polar surface area (TPSA) is 57.9 Å². The summed E-state index contributed by atoms with van der Waals surface area (Å²) in [7, 11) is -4.20. The molecule has 0 heterocycles. The van der Waals surface area contributed by atoms with E-state index < -0.39 is 31.6 Å². The van der Waals surface area contributed by atoms with Crippen LogP contribution in [0.1, 0.15) is 38.5 Å². The summed E-state index contributed by atoms with van der Waals surface area (Å²) in [5, 5.41) is 7.97. The van der Waals surface area contributed by atoms with Crippen LogP contribution in [0.15, 0.2) is 23.1 Å². The van der Waals surface area contributed by atoms with Gasteiger partial charge in [0, 0.05) is 0 Å². The molecular formula is C15H17F2NO2S. The third-order valence-electron chi connectivity index (χ3n) is 3.99. The molecule has 0 bridgehead atoms. The number of hydrogen-bond donors (Lipinski definition) is 0. The van der Waals surface area contributed by atoms with Crippen molar-refractivity contribution in [1.29, 1.82) is 5.26 Å². The van der Waals surface area contributed by atoms with Gasteiger partial charge in [-0.2, -0.15) is 5.26 Å². The van der Waals surface area contributed by atoms with Gasteiger partial charge in [0.1, 0.15) is 16.5 Å². The van der Waals surface area contributed by atoms with Gasteiger partial charge in [0.15, 0.2) is 15.1 Å². The summed E-state index contributed by atoms with van der Waals surface area (Å²) in [5.74, 6) is -2.15. The molecule has 0 aromatic heterocycles. The average molecular weight is 313 g/mol. The summed E-state index contributed by atoms with van der Waals surface area (Å²) < 4.78 is 52.0. The first-order valence-electron chi connectivity index (χ1n) is 7.05. The van der Waals surface area contributed by atoms with Gasteiger partial charge in [-0.3, -0.25) is 0 Å². The first kappa shape index (κ1) is 15.9. The van der Waals surface area contributed by atoms with Gasteiger partial charge in [0.25, 0.3) is 0 Å². The van der Waals surface area contributed by atoms with Crippen molar-refractivity contribution in [2.75, 3.05) is 0 Å². The molecule has 1 aliphatic carbocycles. The molecule has 1 aromatic rings. The molecule has 114 valence electrons. The van der Waals surface area contributed by atoms with Crippen LogP contribution in [0.4, 0.5) is 8.78 Å². The van der Waals surface area contributed by atoms with E-state index in [0.717, 1.165) is 37.8 Å². The van der Waals surface area contributed by atoms with Crippen molar-refractivity contribution in [2.24, 2.45) is 5.92 Å². The fourth-order valence-electron chi connectivity index (χ4n) is 2.87. The second-order valence-corrected chi connectivity index (χ2v) is 7.46. The lowest BCUT2D eigenvalue weighted by atomic mass is 9.97. The van der Waals surface area contributed by atoms with E-state index in [2.05, 4.69) is 0 Å². The van der Waals surface area contributed by atoms with Crippen LogP contribution in [-0.2, 0) is 9.84 Å². The van der Waals surface area contributed by atoms with Gasteiger partial charge in [-0.05, 0) is 37.0 Å². The Kier molecular flexibility index (Phi) is 4.94. The highest BCUT2D eigenvalue weighted by Crippen LogP contribution is 2.32. The van der Waals surface area contributed by atoms with Gasteiger partial charge < -0.3 is 0 Å². The molecule has 1 aliphatic rings. The van der Waals surface area contributed by atoms with Crippen LogP contribution in [0.2, 0.25) is 0 Å². The van der Waals surface area contributed by atoms with E-state index >= 15 is 0 Å². The van der Waals surface area contributed by atoms with Crippen LogP contribution in [0.3, 0.4) is 0 Å². The molecule has 6 heteroatoms. The number of nitriles is 1. The molecule has 1 aromatic carbocycles. The van der Waals surface area contributed by atoms with E-state index in [0.29, 0.717) is 18.9 Å². The van der Waals surface area contributed by atoms with Crippen LogP contribution in [-0.4, -0.2) is 13.7 Å². The number of nitrogens with zero attached hydrogens (tertiary/aromatic N) is 1. The predicted octanol–water partition coefficient (Wildman–Crippen LogP) is 3.60. The third-order valence-corrected chi connectivity index (χ3v) is 6.07. The third kappa shape index (κ3) is 3.41. The minimum absolute atomic E-state index is 0.315. The van der Waals surface area contributed by atoms with E-state index in [1.807, 2.05) is 6.07 Å². The fraction of sp³-hybridized carbons (Fsp3) is 0.533. The largest absolute Gasteiger partial charge is 0.222 e. The Morgan fingerprint density at radius 3 is 2.33 bits per heavy atom. The summed E-state index contributed by atoms with van der Waals surface area (Å²) in [6.45, 7) is 0. The van der Waals surface area contributed by atoms with Crippen LogP contribution in [0.5, 0.6) is 0 Å². The normalized spacial score (nSPS) is 18.7. The predicted molar refractivity (Wildman–Crippen MR) is 74.1 cm³/mol. The highest BCUT2D eigenvalue weighted by molar-refractivity contribution is 7.92. The lowest BCUT2D eigenvalue weighted by molar-refractivity contribution is 0.456. The van der Waals surface area contributed by atoms with Crippen molar-refractivity contribution < 1.29 is 17.2 Å². The fourth-order valence-corrected chi connectivity index (χ4v) is 4.68. The molecule has 0 saturated heterocycles. The van der Waals surface area contributed by atoms with Crippen molar-refractivity contribution in [1.82, 2.24) is 0 Å².